The second-order valence-corrected chi connectivity index (χ2v) is 8.03. The molecule has 6 nitrogen and oxygen atoms in total. The number of para-hydroxylation sites is 1. The molecule has 152 valence electrons. The van der Waals surface area contributed by atoms with Crippen LogP contribution in [-0.4, -0.2) is 41.3 Å². The minimum atomic E-state index is 0.324. The quantitative estimate of drug-likeness (QED) is 0.592. The maximum Gasteiger partial charge on any atom is 0.225 e. The van der Waals surface area contributed by atoms with Crippen molar-refractivity contribution in [3.8, 4) is 5.75 Å². The number of hydrogen-bond donors (Lipinski definition) is 3. The summed E-state index contributed by atoms with van der Waals surface area (Å²) >= 11 is 0. The number of aromatic nitrogens is 2. The Hall–Kier alpha value is -2.86. The normalized spacial score (nSPS) is 19.2. The van der Waals surface area contributed by atoms with Crippen molar-refractivity contribution in [2.24, 2.45) is 0 Å². The van der Waals surface area contributed by atoms with E-state index in [-0.39, 0.29) is 0 Å². The second kappa shape index (κ2) is 8.66. The predicted octanol–water partition coefficient (Wildman–Crippen LogP) is 3.91. The van der Waals surface area contributed by atoms with Gasteiger partial charge in [-0.15, -0.1) is 0 Å². The first kappa shape index (κ1) is 19.5. The zero-order valence-corrected chi connectivity index (χ0v) is 17.1. The van der Waals surface area contributed by atoms with Crippen molar-refractivity contribution in [2.75, 3.05) is 24.3 Å². The number of hydrogen-bond acceptors (Lipinski definition) is 6. The number of phenolic OH excluding ortho intramolecular Hbond substituents is 1. The highest BCUT2D eigenvalue weighted by Gasteiger charge is 2.22. The zero-order chi connectivity index (χ0) is 20.2. The molecule has 2 aromatic carbocycles. The summed E-state index contributed by atoms with van der Waals surface area (Å²) in [5, 5.41) is 17.8. The van der Waals surface area contributed by atoms with Crippen LogP contribution in [0.15, 0.2) is 48.5 Å². The highest BCUT2D eigenvalue weighted by Crippen LogP contribution is 2.26. The van der Waals surface area contributed by atoms with E-state index in [2.05, 4.69) is 16.7 Å². The van der Waals surface area contributed by atoms with Gasteiger partial charge in [0.15, 0.2) is 0 Å². The fourth-order valence-electron chi connectivity index (χ4n) is 4.02. The van der Waals surface area contributed by atoms with E-state index in [1.165, 1.54) is 0 Å². The average molecular weight is 392 g/mol. The Kier molecular flexibility index (Phi) is 5.81. The molecule has 29 heavy (non-hydrogen) atoms. The SMILES string of the molecule is CN(C)c1nc(NC2CCC(NCc3cccc(O)c3)CC2)nc2ccccc12. The Labute approximate surface area is 172 Å². The van der Waals surface area contributed by atoms with Gasteiger partial charge in [-0.25, -0.2) is 4.98 Å². The Morgan fingerprint density at radius 2 is 1.72 bits per heavy atom. The maximum atomic E-state index is 9.59. The lowest BCUT2D eigenvalue weighted by Gasteiger charge is -2.30. The lowest BCUT2D eigenvalue weighted by molar-refractivity contribution is 0.352. The molecule has 1 aliphatic carbocycles. The van der Waals surface area contributed by atoms with Crippen molar-refractivity contribution in [2.45, 2.75) is 44.3 Å². The molecule has 3 N–H and O–H groups in total. The van der Waals surface area contributed by atoms with E-state index in [1.807, 2.05) is 55.4 Å². The van der Waals surface area contributed by atoms with Gasteiger partial charge in [-0.3, -0.25) is 0 Å². The number of fused-ring (bicyclic) bond motifs is 1. The van der Waals surface area contributed by atoms with Crippen LogP contribution in [0.5, 0.6) is 5.75 Å². The molecule has 1 heterocycles. The van der Waals surface area contributed by atoms with Crippen molar-refractivity contribution in [3.05, 3.63) is 54.1 Å². The van der Waals surface area contributed by atoms with Crippen molar-refractivity contribution in [1.29, 1.82) is 0 Å². The van der Waals surface area contributed by atoms with Crippen LogP contribution in [0.4, 0.5) is 11.8 Å². The maximum absolute atomic E-state index is 9.59. The first-order valence-electron chi connectivity index (χ1n) is 10.3. The molecule has 0 aliphatic heterocycles. The van der Waals surface area contributed by atoms with Gasteiger partial charge in [0.25, 0.3) is 0 Å². The van der Waals surface area contributed by atoms with E-state index in [4.69, 9.17) is 9.97 Å². The third-order valence-corrected chi connectivity index (χ3v) is 5.57. The van der Waals surface area contributed by atoms with Gasteiger partial charge in [0.05, 0.1) is 5.52 Å². The molecule has 1 aliphatic rings. The van der Waals surface area contributed by atoms with Crippen LogP contribution in [0.1, 0.15) is 31.2 Å². The van der Waals surface area contributed by atoms with E-state index >= 15 is 0 Å². The molecule has 0 saturated heterocycles. The fraction of sp³-hybridized carbons (Fsp3) is 0.391. The van der Waals surface area contributed by atoms with Gasteiger partial charge in [-0.2, -0.15) is 4.98 Å². The molecule has 0 unspecified atom stereocenters. The van der Waals surface area contributed by atoms with Crippen molar-refractivity contribution in [3.63, 3.8) is 0 Å². The first-order chi connectivity index (χ1) is 14.1. The Balaban J connectivity index is 1.35. The largest absolute Gasteiger partial charge is 0.508 e. The molecule has 1 aromatic heterocycles. The van der Waals surface area contributed by atoms with Crippen LogP contribution in [0.25, 0.3) is 10.9 Å². The number of phenols is 1. The smallest absolute Gasteiger partial charge is 0.225 e. The van der Waals surface area contributed by atoms with Crippen LogP contribution in [0, 0.1) is 0 Å². The average Bonchev–Trinajstić information content (AvgIpc) is 2.72. The molecular weight excluding hydrogens is 362 g/mol. The number of nitrogens with zero attached hydrogens (tertiary/aromatic N) is 3. The van der Waals surface area contributed by atoms with E-state index < -0.39 is 0 Å². The van der Waals surface area contributed by atoms with Gasteiger partial charge in [0.1, 0.15) is 11.6 Å². The number of rotatable bonds is 6. The van der Waals surface area contributed by atoms with Crippen LogP contribution < -0.4 is 15.5 Å². The van der Waals surface area contributed by atoms with Gasteiger partial charge in [0, 0.05) is 38.1 Å². The molecule has 0 spiro atoms. The van der Waals surface area contributed by atoms with E-state index in [1.54, 1.807) is 6.07 Å². The molecule has 0 radical (unpaired) electrons. The van der Waals surface area contributed by atoms with E-state index in [0.29, 0.717) is 23.8 Å². The van der Waals surface area contributed by atoms with E-state index in [0.717, 1.165) is 54.5 Å². The Morgan fingerprint density at radius 3 is 2.48 bits per heavy atom. The molecule has 6 heteroatoms. The van der Waals surface area contributed by atoms with Gasteiger partial charge in [-0.1, -0.05) is 24.3 Å². The number of nitrogens with one attached hydrogen (secondary N) is 2. The molecular formula is C23H29N5O. The number of benzene rings is 2. The Morgan fingerprint density at radius 1 is 0.966 bits per heavy atom. The molecule has 1 saturated carbocycles. The van der Waals surface area contributed by atoms with Crippen LogP contribution in [-0.2, 0) is 6.54 Å². The highest BCUT2D eigenvalue weighted by molar-refractivity contribution is 5.90. The molecule has 0 atom stereocenters. The molecule has 3 aromatic rings. The summed E-state index contributed by atoms with van der Waals surface area (Å²) < 4.78 is 0. The van der Waals surface area contributed by atoms with Crippen LogP contribution in [0.3, 0.4) is 0 Å². The topological polar surface area (TPSA) is 73.3 Å². The van der Waals surface area contributed by atoms with Crippen molar-refractivity contribution in [1.82, 2.24) is 15.3 Å². The summed E-state index contributed by atoms with van der Waals surface area (Å²) in [7, 11) is 4.03. The summed E-state index contributed by atoms with van der Waals surface area (Å²) in [5.41, 5.74) is 2.08. The lowest BCUT2D eigenvalue weighted by Crippen LogP contribution is -2.37. The van der Waals surface area contributed by atoms with E-state index in [9.17, 15) is 5.11 Å². The molecule has 4 rings (SSSR count). The van der Waals surface area contributed by atoms with Crippen LogP contribution in [0.2, 0.25) is 0 Å². The minimum absolute atomic E-state index is 0.324. The molecule has 0 bridgehead atoms. The van der Waals surface area contributed by atoms with Crippen molar-refractivity contribution < 1.29 is 5.11 Å². The lowest BCUT2D eigenvalue weighted by atomic mass is 9.91. The standard InChI is InChI=1S/C23H29N5O/c1-28(2)22-20-8-3-4-9-21(20)26-23(27-22)25-18-12-10-17(11-13-18)24-15-16-6-5-7-19(29)14-16/h3-9,14,17-18,24,29H,10-13,15H2,1-2H3,(H,25,26,27). The number of aromatic hydroxyl groups is 1. The summed E-state index contributed by atoms with van der Waals surface area (Å²) in [6, 6.07) is 16.5. The Bertz CT molecular complexity index is 966. The van der Waals surface area contributed by atoms with Gasteiger partial charge < -0.3 is 20.6 Å². The van der Waals surface area contributed by atoms with Gasteiger partial charge in [0.2, 0.25) is 5.95 Å². The van der Waals surface area contributed by atoms with Gasteiger partial charge in [-0.05, 0) is 55.5 Å². The summed E-state index contributed by atoms with van der Waals surface area (Å²) in [4.78, 5) is 11.5. The monoisotopic (exact) mass is 391 g/mol. The molecule has 0 amide bonds. The number of anilines is 2. The summed E-state index contributed by atoms with van der Waals surface area (Å²) in [6.07, 6.45) is 4.41. The highest BCUT2D eigenvalue weighted by atomic mass is 16.3. The predicted molar refractivity (Wildman–Crippen MR) is 118 cm³/mol. The summed E-state index contributed by atoms with van der Waals surface area (Å²) in [5.74, 6) is 1.98. The third kappa shape index (κ3) is 4.77. The summed E-state index contributed by atoms with van der Waals surface area (Å²) in [6.45, 7) is 0.789. The van der Waals surface area contributed by atoms with Crippen molar-refractivity contribution >= 4 is 22.7 Å². The minimum Gasteiger partial charge on any atom is -0.508 e. The third-order valence-electron chi connectivity index (χ3n) is 5.57. The molecule has 1 fully saturated rings. The zero-order valence-electron chi connectivity index (χ0n) is 17.1. The fourth-order valence-corrected chi connectivity index (χ4v) is 4.02. The first-order valence-corrected chi connectivity index (χ1v) is 10.3. The van der Waals surface area contributed by atoms with Gasteiger partial charge >= 0.3 is 0 Å². The second-order valence-electron chi connectivity index (χ2n) is 8.03. The van der Waals surface area contributed by atoms with Crippen LogP contribution >= 0.6 is 0 Å².